The second kappa shape index (κ2) is 10.5. The molecule has 1 aromatic heterocycles. The standard InChI is InChI=1S/C30H29FN2O3/c31-22-11-13-27-25(16-22)26-17-23(12-14-28(26)33(27)19-30(35)36)32-18-29(34)24(21-9-5-2-6-10-21)15-20-7-3-1-4-8-20/h1-11,13,16,23-24,32H,12,14-15,17-19H2,(H,35,36)/t23-,24?/m0/s1. The molecule has 1 heterocycles. The SMILES string of the molecule is O=C(O)Cn1c2c(c3cc(F)ccc31)C[C@@H](NCC(=O)C(Cc1ccccc1)c1ccccc1)CC2. The number of hydrogen-bond acceptors (Lipinski definition) is 3. The van der Waals surface area contributed by atoms with Crippen molar-refractivity contribution < 1.29 is 19.1 Å². The Balaban J connectivity index is 1.33. The van der Waals surface area contributed by atoms with E-state index < -0.39 is 5.97 Å². The van der Waals surface area contributed by atoms with Crippen LogP contribution in [0.1, 0.15) is 34.7 Å². The Morgan fingerprint density at radius 1 is 1.03 bits per heavy atom. The van der Waals surface area contributed by atoms with Crippen LogP contribution in [0.2, 0.25) is 0 Å². The fraction of sp³-hybridized carbons (Fsp3) is 0.267. The molecule has 4 aromatic rings. The number of nitrogens with zero attached hydrogens (tertiary/aromatic N) is 1. The van der Waals surface area contributed by atoms with E-state index in [1.54, 1.807) is 10.6 Å². The molecule has 5 rings (SSSR count). The monoisotopic (exact) mass is 484 g/mol. The molecule has 0 bridgehead atoms. The first-order chi connectivity index (χ1) is 17.5. The van der Waals surface area contributed by atoms with Crippen LogP contribution in [0.3, 0.4) is 0 Å². The van der Waals surface area contributed by atoms with Crippen molar-refractivity contribution >= 4 is 22.7 Å². The molecule has 0 saturated carbocycles. The van der Waals surface area contributed by atoms with Crippen molar-refractivity contribution in [2.45, 2.75) is 44.2 Å². The number of aromatic nitrogens is 1. The van der Waals surface area contributed by atoms with Crippen LogP contribution < -0.4 is 5.32 Å². The summed E-state index contributed by atoms with van der Waals surface area (Å²) >= 11 is 0. The van der Waals surface area contributed by atoms with E-state index >= 15 is 0 Å². The maximum atomic E-state index is 14.1. The second-order valence-electron chi connectivity index (χ2n) is 9.51. The molecule has 0 aliphatic heterocycles. The van der Waals surface area contributed by atoms with Gasteiger partial charge in [0, 0.05) is 28.6 Å². The number of benzene rings is 3. The lowest BCUT2D eigenvalue weighted by molar-refractivity contribution is -0.137. The Morgan fingerprint density at radius 3 is 2.47 bits per heavy atom. The van der Waals surface area contributed by atoms with E-state index in [1.165, 1.54) is 12.1 Å². The number of carbonyl (C=O) groups excluding carboxylic acids is 1. The Bertz CT molecular complexity index is 1380. The van der Waals surface area contributed by atoms with Gasteiger partial charge in [0.25, 0.3) is 0 Å². The Kier molecular flexibility index (Phi) is 6.96. The molecule has 3 aromatic carbocycles. The molecule has 0 radical (unpaired) electrons. The highest BCUT2D eigenvalue weighted by Crippen LogP contribution is 2.33. The molecular formula is C30H29FN2O3. The number of fused-ring (bicyclic) bond motifs is 3. The number of Topliss-reactive ketones (excluding diaryl/α,β-unsaturated/α-hetero) is 1. The molecule has 1 aliphatic rings. The summed E-state index contributed by atoms with van der Waals surface area (Å²) in [5, 5.41) is 13.6. The highest BCUT2D eigenvalue weighted by Gasteiger charge is 2.28. The number of hydrogen-bond donors (Lipinski definition) is 2. The van der Waals surface area contributed by atoms with Crippen LogP contribution >= 0.6 is 0 Å². The largest absolute Gasteiger partial charge is 0.480 e. The summed E-state index contributed by atoms with van der Waals surface area (Å²) in [4.78, 5) is 24.9. The summed E-state index contributed by atoms with van der Waals surface area (Å²) in [5.74, 6) is -1.37. The van der Waals surface area contributed by atoms with Gasteiger partial charge in [-0.3, -0.25) is 9.59 Å². The van der Waals surface area contributed by atoms with E-state index in [-0.39, 0.29) is 36.6 Å². The number of halogens is 1. The molecule has 5 nitrogen and oxygen atoms in total. The van der Waals surface area contributed by atoms with Crippen molar-refractivity contribution in [3.8, 4) is 0 Å². The highest BCUT2D eigenvalue weighted by atomic mass is 19.1. The van der Waals surface area contributed by atoms with Crippen LogP contribution in [0.5, 0.6) is 0 Å². The first-order valence-corrected chi connectivity index (χ1v) is 12.4. The predicted octanol–water partition coefficient (Wildman–Crippen LogP) is 4.91. The maximum Gasteiger partial charge on any atom is 0.323 e. The molecule has 1 aliphatic carbocycles. The van der Waals surface area contributed by atoms with Crippen LogP contribution in [0.15, 0.2) is 78.9 Å². The molecule has 184 valence electrons. The number of nitrogens with one attached hydrogen (secondary N) is 1. The van der Waals surface area contributed by atoms with Gasteiger partial charge in [0.15, 0.2) is 5.78 Å². The van der Waals surface area contributed by atoms with E-state index in [2.05, 4.69) is 5.32 Å². The van der Waals surface area contributed by atoms with Crippen LogP contribution in [-0.2, 0) is 35.4 Å². The van der Waals surface area contributed by atoms with Crippen molar-refractivity contribution in [3.05, 3.63) is 107 Å². The van der Waals surface area contributed by atoms with Gasteiger partial charge in [-0.25, -0.2) is 4.39 Å². The molecule has 0 saturated heterocycles. The number of carbonyl (C=O) groups is 2. The summed E-state index contributed by atoms with van der Waals surface area (Å²) in [5.41, 5.74) is 4.80. The Hall–Kier alpha value is -3.77. The lowest BCUT2D eigenvalue weighted by atomic mass is 9.87. The fourth-order valence-electron chi connectivity index (χ4n) is 5.43. The van der Waals surface area contributed by atoms with Gasteiger partial charge in [0.1, 0.15) is 12.4 Å². The third-order valence-electron chi connectivity index (χ3n) is 7.16. The van der Waals surface area contributed by atoms with E-state index in [4.69, 9.17) is 0 Å². The zero-order chi connectivity index (χ0) is 25.1. The maximum absolute atomic E-state index is 14.1. The van der Waals surface area contributed by atoms with Crippen molar-refractivity contribution in [3.63, 3.8) is 0 Å². The van der Waals surface area contributed by atoms with Gasteiger partial charge < -0.3 is 15.0 Å². The van der Waals surface area contributed by atoms with Gasteiger partial charge >= 0.3 is 5.97 Å². The third kappa shape index (κ3) is 5.09. The number of rotatable bonds is 9. The van der Waals surface area contributed by atoms with Gasteiger partial charge in [-0.15, -0.1) is 0 Å². The van der Waals surface area contributed by atoms with E-state index in [9.17, 15) is 19.1 Å². The lowest BCUT2D eigenvalue weighted by Crippen LogP contribution is -2.39. The number of aliphatic carboxylic acids is 1. The minimum Gasteiger partial charge on any atom is -0.480 e. The fourth-order valence-corrected chi connectivity index (χ4v) is 5.43. The van der Waals surface area contributed by atoms with Crippen LogP contribution in [0.25, 0.3) is 10.9 Å². The van der Waals surface area contributed by atoms with Crippen molar-refractivity contribution in [2.24, 2.45) is 0 Å². The summed E-state index contributed by atoms with van der Waals surface area (Å²) in [6.07, 6.45) is 2.73. The molecule has 0 fully saturated rings. The molecule has 2 N–H and O–H groups in total. The molecule has 0 amide bonds. The second-order valence-corrected chi connectivity index (χ2v) is 9.51. The van der Waals surface area contributed by atoms with Crippen molar-refractivity contribution in [1.29, 1.82) is 0 Å². The van der Waals surface area contributed by atoms with Gasteiger partial charge in [-0.05, 0) is 60.6 Å². The lowest BCUT2D eigenvalue weighted by Gasteiger charge is -2.26. The van der Waals surface area contributed by atoms with Crippen LogP contribution in [0, 0.1) is 5.82 Å². The van der Waals surface area contributed by atoms with Crippen molar-refractivity contribution in [2.75, 3.05) is 6.54 Å². The van der Waals surface area contributed by atoms with Crippen molar-refractivity contribution in [1.82, 2.24) is 9.88 Å². The Morgan fingerprint density at radius 2 is 1.75 bits per heavy atom. The summed E-state index contributed by atoms with van der Waals surface area (Å²) in [7, 11) is 0. The molecule has 36 heavy (non-hydrogen) atoms. The Labute approximate surface area is 209 Å². The molecule has 1 unspecified atom stereocenters. The summed E-state index contributed by atoms with van der Waals surface area (Å²) < 4.78 is 15.9. The zero-order valence-electron chi connectivity index (χ0n) is 20.0. The number of ketones is 1. The normalized spacial score (nSPS) is 16.0. The minimum absolute atomic E-state index is 0.0572. The van der Waals surface area contributed by atoms with Gasteiger partial charge in [0.05, 0.1) is 6.54 Å². The summed E-state index contributed by atoms with van der Waals surface area (Å²) in [6.45, 7) is 0.0980. The smallest absolute Gasteiger partial charge is 0.323 e. The molecule has 6 heteroatoms. The topological polar surface area (TPSA) is 71.3 Å². The quantitative estimate of drug-likeness (QED) is 0.354. The van der Waals surface area contributed by atoms with Gasteiger partial charge in [-0.2, -0.15) is 0 Å². The van der Waals surface area contributed by atoms with E-state index in [0.29, 0.717) is 19.3 Å². The average molecular weight is 485 g/mol. The van der Waals surface area contributed by atoms with Crippen LogP contribution in [-0.4, -0.2) is 34.0 Å². The zero-order valence-corrected chi connectivity index (χ0v) is 20.0. The predicted molar refractivity (Wildman–Crippen MR) is 138 cm³/mol. The van der Waals surface area contributed by atoms with E-state index in [1.807, 2.05) is 60.7 Å². The third-order valence-corrected chi connectivity index (χ3v) is 7.16. The van der Waals surface area contributed by atoms with Gasteiger partial charge in [0.2, 0.25) is 0 Å². The average Bonchev–Trinajstić information content (AvgIpc) is 3.18. The summed E-state index contributed by atoms with van der Waals surface area (Å²) in [6, 6.07) is 24.5. The van der Waals surface area contributed by atoms with Crippen LogP contribution in [0.4, 0.5) is 4.39 Å². The highest BCUT2D eigenvalue weighted by molar-refractivity contribution is 5.88. The number of carboxylic acids is 1. The first-order valence-electron chi connectivity index (χ1n) is 12.4. The minimum atomic E-state index is -0.921. The van der Waals surface area contributed by atoms with Gasteiger partial charge in [-0.1, -0.05) is 60.7 Å². The van der Waals surface area contributed by atoms with E-state index in [0.717, 1.165) is 39.7 Å². The number of carboxylic acid groups (broad SMARTS) is 1. The molecular weight excluding hydrogens is 455 g/mol. The molecule has 2 atom stereocenters. The first kappa shape index (κ1) is 23.9. The molecule has 0 spiro atoms.